The smallest absolute Gasteiger partial charge is 0.128 e. The van der Waals surface area contributed by atoms with Crippen LogP contribution in [0, 0.1) is 6.92 Å². The lowest BCUT2D eigenvalue weighted by molar-refractivity contribution is 0.208. The van der Waals surface area contributed by atoms with Gasteiger partial charge in [-0.2, -0.15) is 0 Å². The van der Waals surface area contributed by atoms with Crippen LogP contribution in [0.25, 0.3) is 0 Å². The van der Waals surface area contributed by atoms with E-state index in [-0.39, 0.29) is 0 Å². The fourth-order valence-corrected chi connectivity index (χ4v) is 2.05. The molecular weight excluding hydrogens is 242 g/mol. The van der Waals surface area contributed by atoms with E-state index in [1.54, 1.807) is 38.6 Å². The van der Waals surface area contributed by atoms with Crippen LogP contribution in [0.3, 0.4) is 0 Å². The molecule has 0 amide bonds. The second-order valence-electron chi connectivity index (χ2n) is 4.21. The van der Waals surface area contributed by atoms with Crippen molar-refractivity contribution in [3.8, 4) is 11.5 Å². The van der Waals surface area contributed by atoms with Gasteiger partial charge in [-0.1, -0.05) is 6.07 Å². The zero-order chi connectivity index (χ0) is 13.8. The van der Waals surface area contributed by atoms with E-state index in [0.717, 1.165) is 11.3 Å². The molecule has 100 valence electrons. The molecule has 0 radical (unpaired) electrons. The number of rotatable bonds is 4. The lowest BCUT2D eigenvalue weighted by atomic mass is 10.00. The zero-order valence-corrected chi connectivity index (χ0v) is 11.3. The molecule has 1 aromatic heterocycles. The second-order valence-corrected chi connectivity index (χ2v) is 4.21. The lowest BCUT2D eigenvalue weighted by Gasteiger charge is -2.18. The number of ether oxygens (including phenoxy) is 2. The van der Waals surface area contributed by atoms with Crippen molar-refractivity contribution in [1.29, 1.82) is 0 Å². The van der Waals surface area contributed by atoms with Crippen LogP contribution >= 0.6 is 0 Å². The summed E-state index contributed by atoms with van der Waals surface area (Å²) in [4.78, 5) is 4.13. The first kappa shape index (κ1) is 13.4. The van der Waals surface area contributed by atoms with E-state index in [9.17, 15) is 5.11 Å². The summed E-state index contributed by atoms with van der Waals surface area (Å²) < 4.78 is 10.6. The molecule has 1 unspecified atom stereocenters. The summed E-state index contributed by atoms with van der Waals surface area (Å²) in [7, 11) is 3.14. The van der Waals surface area contributed by atoms with E-state index >= 15 is 0 Å². The average Bonchev–Trinajstić information content (AvgIpc) is 2.45. The Balaban J connectivity index is 2.51. The number of benzene rings is 1. The van der Waals surface area contributed by atoms with Gasteiger partial charge in [0, 0.05) is 11.9 Å². The Bertz CT molecular complexity index is 547. The molecule has 0 aliphatic heterocycles. The highest BCUT2D eigenvalue weighted by Crippen LogP contribution is 2.37. The van der Waals surface area contributed by atoms with E-state index in [2.05, 4.69) is 4.98 Å². The number of hydrogen-bond donors (Lipinski definition) is 1. The molecule has 0 aliphatic carbocycles. The van der Waals surface area contributed by atoms with Gasteiger partial charge in [0.25, 0.3) is 0 Å². The number of aryl methyl sites for hydroxylation is 1. The van der Waals surface area contributed by atoms with E-state index in [1.807, 2.05) is 19.1 Å². The summed E-state index contributed by atoms with van der Waals surface area (Å²) >= 11 is 0. The Morgan fingerprint density at radius 2 is 1.74 bits per heavy atom. The molecule has 0 saturated carbocycles. The van der Waals surface area contributed by atoms with Gasteiger partial charge in [-0.05, 0) is 36.8 Å². The molecule has 1 atom stereocenters. The van der Waals surface area contributed by atoms with E-state index in [4.69, 9.17) is 9.47 Å². The van der Waals surface area contributed by atoms with Gasteiger partial charge < -0.3 is 14.6 Å². The number of aliphatic hydroxyl groups is 1. The highest BCUT2D eigenvalue weighted by molar-refractivity contribution is 5.49. The molecule has 0 spiro atoms. The van der Waals surface area contributed by atoms with E-state index < -0.39 is 6.10 Å². The molecular formula is C15H17NO3. The fraction of sp³-hybridized carbons (Fsp3) is 0.267. The molecule has 1 heterocycles. The van der Waals surface area contributed by atoms with E-state index in [0.29, 0.717) is 17.1 Å². The Hall–Kier alpha value is -2.07. The van der Waals surface area contributed by atoms with Crippen LogP contribution in [0.15, 0.2) is 36.5 Å². The van der Waals surface area contributed by atoms with Crippen molar-refractivity contribution >= 4 is 0 Å². The van der Waals surface area contributed by atoms with Gasteiger partial charge in [-0.15, -0.1) is 0 Å². The summed E-state index contributed by atoms with van der Waals surface area (Å²) in [6.07, 6.45) is 0.864. The molecule has 1 aromatic carbocycles. The predicted octanol–water partition coefficient (Wildman–Crippen LogP) is 2.49. The number of nitrogens with zero attached hydrogens (tertiary/aromatic N) is 1. The molecule has 1 N–H and O–H groups in total. The maximum atomic E-state index is 10.6. The van der Waals surface area contributed by atoms with E-state index in [1.165, 1.54) is 0 Å². The number of methoxy groups -OCH3 is 2. The van der Waals surface area contributed by atoms with Crippen molar-refractivity contribution in [2.24, 2.45) is 0 Å². The Labute approximate surface area is 112 Å². The van der Waals surface area contributed by atoms with Gasteiger partial charge in [0.15, 0.2) is 0 Å². The molecule has 0 bridgehead atoms. The van der Waals surface area contributed by atoms with Crippen LogP contribution in [-0.2, 0) is 0 Å². The quantitative estimate of drug-likeness (QED) is 0.916. The summed E-state index contributed by atoms with van der Waals surface area (Å²) in [5.41, 5.74) is 2.24. The zero-order valence-electron chi connectivity index (χ0n) is 11.3. The van der Waals surface area contributed by atoms with Crippen molar-refractivity contribution in [3.63, 3.8) is 0 Å². The van der Waals surface area contributed by atoms with Gasteiger partial charge in [0.2, 0.25) is 0 Å². The molecule has 2 rings (SSSR count). The first-order valence-corrected chi connectivity index (χ1v) is 5.99. The fourth-order valence-electron chi connectivity index (χ4n) is 2.05. The summed E-state index contributed by atoms with van der Waals surface area (Å²) in [5, 5.41) is 10.6. The third kappa shape index (κ3) is 2.69. The molecule has 4 nitrogen and oxygen atoms in total. The maximum Gasteiger partial charge on any atom is 0.128 e. The van der Waals surface area contributed by atoms with Crippen molar-refractivity contribution < 1.29 is 14.6 Å². The van der Waals surface area contributed by atoms with Gasteiger partial charge in [0.05, 0.1) is 19.8 Å². The van der Waals surface area contributed by atoms with Crippen LogP contribution in [0.2, 0.25) is 0 Å². The summed E-state index contributed by atoms with van der Waals surface area (Å²) in [6.45, 7) is 1.88. The Morgan fingerprint density at radius 3 is 2.26 bits per heavy atom. The van der Waals surface area contributed by atoms with Gasteiger partial charge in [-0.25, -0.2) is 0 Å². The number of hydrogen-bond acceptors (Lipinski definition) is 4. The third-order valence-corrected chi connectivity index (χ3v) is 2.98. The minimum atomic E-state index is -0.812. The van der Waals surface area contributed by atoms with Crippen LogP contribution in [0.4, 0.5) is 0 Å². The SMILES string of the molecule is COc1cccc(OC)c1C(O)c1ccnc(C)c1. The summed E-state index contributed by atoms with van der Waals surface area (Å²) in [6, 6.07) is 9.05. The topological polar surface area (TPSA) is 51.6 Å². The maximum absolute atomic E-state index is 10.6. The van der Waals surface area contributed by atoms with Crippen LogP contribution in [0.5, 0.6) is 11.5 Å². The average molecular weight is 259 g/mol. The van der Waals surface area contributed by atoms with Gasteiger partial charge in [-0.3, -0.25) is 4.98 Å². The molecule has 4 heteroatoms. The van der Waals surface area contributed by atoms with Crippen LogP contribution in [0.1, 0.15) is 22.9 Å². The van der Waals surface area contributed by atoms with Crippen LogP contribution < -0.4 is 9.47 Å². The minimum absolute atomic E-state index is 0.598. The Morgan fingerprint density at radius 1 is 1.11 bits per heavy atom. The number of aliphatic hydroxyl groups excluding tert-OH is 1. The van der Waals surface area contributed by atoms with Crippen molar-refractivity contribution in [3.05, 3.63) is 53.3 Å². The first-order chi connectivity index (χ1) is 9.17. The predicted molar refractivity (Wildman–Crippen MR) is 72.6 cm³/mol. The van der Waals surface area contributed by atoms with Gasteiger partial charge >= 0.3 is 0 Å². The lowest BCUT2D eigenvalue weighted by Crippen LogP contribution is -2.05. The van der Waals surface area contributed by atoms with Crippen molar-refractivity contribution in [2.45, 2.75) is 13.0 Å². The molecule has 0 saturated heterocycles. The number of aromatic nitrogens is 1. The van der Waals surface area contributed by atoms with Gasteiger partial charge in [0.1, 0.15) is 17.6 Å². The Kier molecular flexibility index (Phi) is 4.02. The third-order valence-electron chi connectivity index (χ3n) is 2.98. The molecule has 19 heavy (non-hydrogen) atoms. The highest BCUT2D eigenvalue weighted by Gasteiger charge is 2.20. The number of pyridine rings is 1. The normalized spacial score (nSPS) is 12.0. The minimum Gasteiger partial charge on any atom is -0.496 e. The standard InChI is InChI=1S/C15H17NO3/c1-10-9-11(7-8-16-10)15(17)14-12(18-2)5-4-6-13(14)19-3/h4-9,15,17H,1-3H3. The molecule has 2 aromatic rings. The van der Waals surface area contributed by atoms with Crippen molar-refractivity contribution in [1.82, 2.24) is 4.98 Å². The monoisotopic (exact) mass is 259 g/mol. The molecule has 0 fully saturated rings. The second kappa shape index (κ2) is 5.71. The molecule has 0 aliphatic rings. The van der Waals surface area contributed by atoms with Crippen molar-refractivity contribution in [2.75, 3.05) is 14.2 Å². The first-order valence-electron chi connectivity index (χ1n) is 5.99. The summed E-state index contributed by atoms with van der Waals surface area (Å²) in [5.74, 6) is 1.20. The van der Waals surface area contributed by atoms with Crippen LogP contribution in [-0.4, -0.2) is 24.3 Å². The largest absolute Gasteiger partial charge is 0.496 e. The highest BCUT2D eigenvalue weighted by atomic mass is 16.5.